The van der Waals surface area contributed by atoms with Crippen molar-refractivity contribution in [1.29, 1.82) is 0 Å². The molecule has 6 rings (SSSR count). The number of imidazole rings is 1. The molecule has 1 aliphatic rings. The molecular weight excluding hydrogens is 680 g/mol. The molecule has 0 radical (unpaired) electrons. The Hall–Kier alpha value is -5.56. The number of halogens is 4. The van der Waals surface area contributed by atoms with Crippen LogP contribution in [0.25, 0.3) is 22.4 Å². The summed E-state index contributed by atoms with van der Waals surface area (Å²) in [5, 5.41) is 17.2. The predicted octanol–water partition coefficient (Wildman–Crippen LogP) is 3.85. The standard InChI is InChI=1S/C32H34F4N10O5/c1-17(50-31(48)51-19-10-42-44(2)13-19)43-29-26-30(40-15-39-29)46(16-41-26)12-18-7-23(20-8-22(34)25(49-3)9-21(20)33)38-11-24(18)45-6-4-5-32(37,14-45)27(47)28(35)36/h7-11,13,15-17,27-28,47H,4-6,12,14,37H2,1-3H3,(H,39,40,43)/t17?,27-,32-/m1/s1. The number of ether oxygens (including phenoxy) is 3. The molecule has 1 aromatic carbocycles. The van der Waals surface area contributed by atoms with Crippen LogP contribution in [0, 0.1) is 11.6 Å². The summed E-state index contributed by atoms with van der Waals surface area (Å²) in [6, 6.07) is 3.43. The number of benzene rings is 1. The zero-order valence-corrected chi connectivity index (χ0v) is 27.6. The number of nitrogens with zero attached hydrogens (tertiary/aromatic N) is 8. The fourth-order valence-electron chi connectivity index (χ4n) is 5.96. The Morgan fingerprint density at radius 3 is 2.67 bits per heavy atom. The lowest BCUT2D eigenvalue weighted by Gasteiger charge is -2.44. The summed E-state index contributed by atoms with van der Waals surface area (Å²) in [6.45, 7) is 1.88. The average molecular weight is 715 g/mol. The molecule has 1 fully saturated rings. The first kappa shape index (κ1) is 35.3. The minimum atomic E-state index is -3.05. The van der Waals surface area contributed by atoms with Crippen molar-refractivity contribution < 1.29 is 41.7 Å². The first-order valence-electron chi connectivity index (χ1n) is 15.7. The van der Waals surface area contributed by atoms with E-state index in [0.717, 1.165) is 12.1 Å². The molecule has 5 aromatic rings. The molecule has 0 saturated carbocycles. The lowest BCUT2D eigenvalue weighted by atomic mass is 9.84. The number of carbonyl (C=O) groups excluding carboxylic acids is 1. The van der Waals surface area contributed by atoms with E-state index in [1.807, 2.05) is 0 Å². The van der Waals surface area contributed by atoms with E-state index in [0.29, 0.717) is 35.4 Å². The number of nitrogens with one attached hydrogen (secondary N) is 1. The number of carbonyl (C=O) groups is 1. The molecule has 270 valence electrons. The quantitative estimate of drug-likeness (QED) is 0.102. The van der Waals surface area contributed by atoms with Gasteiger partial charge in [-0.3, -0.25) is 9.67 Å². The van der Waals surface area contributed by atoms with Crippen molar-refractivity contribution >= 4 is 28.8 Å². The lowest BCUT2D eigenvalue weighted by Crippen LogP contribution is -2.63. The number of aliphatic hydroxyl groups is 1. The Balaban J connectivity index is 1.31. The van der Waals surface area contributed by atoms with Gasteiger partial charge in [-0.05, 0) is 37.5 Å². The van der Waals surface area contributed by atoms with Crippen molar-refractivity contribution in [2.75, 3.05) is 30.4 Å². The fourth-order valence-corrected chi connectivity index (χ4v) is 5.96. The van der Waals surface area contributed by atoms with Crippen LogP contribution in [-0.2, 0) is 18.3 Å². The second-order valence-corrected chi connectivity index (χ2v) is 12.1. The number of alkyl halides is 2. The Labute approximate surface area is 288 Å². The van der Waals surface area contributed by atoms with Gasteiger partial charge in [0.15, 0.2) is 40.5 Å². The van der Waals surface area contributed by atoms with Gasteiger partial charge in [0.05, 0.1) is 55.5 Å². The molecule has 51 heavy (non-hydrogen) atoms. The topological polar surface area (TPSA) is 181 Å². The Morgan fingerprint density at radius 2 is 1.94 bits per heavy atom. The van der Waals surface area contributed by atoms with Gasteiger partial charge in [-0.2, -0.15) is 5.10 Å². The first-order valence-corrected chi connectivity index (χ1v) is 15.7. The summed E-state index contributed by atoms with van der Waals surface area (Å²) >= 11 is 0. The molecule has 5 heterocycles. The maximum atomic E-state index is 15.2. The molecule has 4 N–H and O–H groups in total. The van der Waals surface area contributed by atoms with Gasteiger partial charge in [-0.15, -0.1) is 0 Å². The van der Waals surface area contributed by atoms with Crippen LogP contribution in [-0.4, -0.2) is 90.0 Å². The van der Waals surface area contributed by atoms with Crippen molar-refractivity contribution in [3.63, 3.8) is 0 Å². The molecule has 3 atom stereocenters. The highest BCUT2D eigenvalue weighted by Gasteiger charge is 2.43. The SMILES string of the molecule is COc1cc(F)c(-c2cc(Cn3cnc4c(NC(C)OC(=O)Oc5cnn(C)c5)ncnc43)c(N3CCC[C@](N)([C@H](O)C(F)F)C3)cn2)cc1F. The highest BCUT2D eigenvalue weighted by atomic mass is 19.3. The van der Waals surface area contributed by atoms with Crippen molar-refractivity contribution in [1.82, 2.24) is 34.3 Å². The molecule has 0 spiro atoms. The number of nitrogens with two attached hydrogens (primary N) is 1. The van der Waals surface area contributed by atoms with Gasteiger partial charge in [-0.25, -0.2) is 37.3 Å². The number of hydrogen-bond donors (Lipinski definition) is 3. The van der Waals surface area contributed by atoms with Crippen LogP contribution >= 0.6 is 0 Å². The van der Waals surface area contributed by atoms with Gasteiger partial charge in [0.1, 0.15) is 18.2 Å². The zero-order chi connectivity index (χ0) is 36.4. The van der Waals surface area contributed by atoms with Crippen LogP contribution in [0.2, 0.25) is 0 Å². The monoisotopic (exact) mass is 714 g/mol. The molecule has 1 aliphatic heterocycles. The third-order valence-corrected chi connectivity index (χ3v) is 8.44. The normalized spacial score (nSPS) is 17.4. The summed E-state index contributed by atoms with van der Waals surface area (Å²) in [7, 11) is 2.88. The van der Waals surface area contributed by atoms with Gasteiger partial charge in [-0.1, -0.05) is 0 Å². The molecule has 0 amide bonds. The van der Waals surface area contributed by atoms with Gasteiger partial charge in [0, 0.05) is 31.8 Å². The van der Waals surface area contributed by atoms with Crippen molar-refractivity contribution in [3.8, 4) is 22.8 Å². The zero-order valence-electron chi connectivity index (χ0n) is 27.6. The smallest absolute Gasteiger partial charge is 0.494 e. The van der Waals surface area contributed by atoms with E-state index in [2.05, 4.69) is 30.4 Å². The van der Waals surface area contributed by atoms with Crippen LogP contribution in [0.15, 0.2) is 49.4 Å². The first-order chi connectivity index (χ1) is 24.3. The Morgan fingerprint density at radius 1 is 1.14 bits per heavy atom. The number of pyridine rings is 1. The van der Waals surface area contributed by atoms with Crippen LogP contribution < -0.4 is 25.4 Å². The predicted molar refractivity (Wildman–Crippen MR) is 174 cm³/mol. The summed E-state index contributed by atoms with van der Waals surface area (Å²) in [5.41, 5.74) is 6.29. The van der Waals surface area contributed by atoms with E-state index in [1.165, 1.54) is 43.0 Å². The average Bonchev–Trinajstić information content (AvgIpc) is 3.70. The number of hydrogen-bond acceptors (Lipinski definition) is 13. The molecule has 1 unspecified atom stereocenters. The molecule has 0 aliphatic carbocycles. The maximum Gasteiger partial charge on any atom is 0.515 e. The molecule has 15 nitrogen and oxygen atoms in total. The fraction of sp³-hybridized carbons (Fsp3) is 0.375. The number of aromatic nitrogens is 7. The third-order valence-electron chi connectivity index (χ3n) is 8.44. The number of fused-ring (bicyclic) bond motifs is 1. The summed E-state index contributed by atoms with van der Waals surface area (Å²) in [4.78, 5) is 31.5. The maximum absolute atomic E-state index is 15.2. The highest BCUT2D eigenvalue weighted by Crippen LogP contribution is 2.35. The molecule has 0 bridgehead atoms. The number of anilines is 2. The van der Waals surface area contributed by atoms with Crippen LogP contribution in [0.4, 0.5) is 33.9 Å². The highest BCUT2D eigenvalue weighted by molar-refractivity contribution is 5.83. The Kier molecular flexibility index (Phi) is 9.93. The van der Waals surface area contributed by atoms with Gasteiger partial charge in [0.2, 0.25) is 0 Å². The van der Waals surface area contributed by atoms with Crippen LogP contribution in [0.1, 0.15) is 25.3 Å². The number of aliphatic hydroxyl groups excluding tert-OH is 1. The Bertz CT molecular complexity index is 2040. The largest absolute Gasteiger partial charge is 0.515 e. The van der Waals surface area contributed by atoms with Gasteiger partial charge >= 0.3 is 6.16 Å². The second kappa shape index (κ2) is 14.4. The molecule has 19 heteroatoms. The minimum Gasteiger partial charge on any atom is -0.494 e. The van der Waals surface area contributed by atoms with E-state index in [1.54, 1.807) is 29.5 Å². The number of piperidine rings is 1. The molecule has 1 saturated heterocycles. The third kappa shape index (κ3) is 7.48. The summed E-state index contributed by atoms with van der Waals surface area (Å²) in [5.74, 6) is -1.43. The lowest BCUT2D eigenvalue weighted by molar-refractivity contribution is -0.0529. The van der Waals surface area contributed by atoms with E-state index in [4.69, 9.17) is 19.9 Å². The van der Waals surface area contributed by atoms with E-state index in [-0.39, 0.29) is 48.1 Å². The van der Waals surface area contributed by atoms with Crippen molar-refractivity contribution in [2.24, 2.45) is 12.8 Å². The van der Waals surface area contributed by atoms with Crippen LogP contribution in [0.5, 0.6) is 11.5 Å². The van der Waals surface area contributed by atoms with Gasteiger partial charge < -0.3 is 39.8 Å². The number of methoxy groups -OCH3 is 1. The van der Waals surface area contributed by atoms with Crippen molar-refractivity contribution in [3.05, 3.63) is 66.6 Å². The van der Waals surface area contributed by atoms with Crippen LogP contribution in [0.3, 0.4) is 0 Å². The van der Waals surface area contributed by atoms with Gasteiger partial charge in [0.25, 0.3) is 6.43 Å². The van der Waals surface area contributed by atoms with E-state index >= 15 is 4.39 Å². The summed E-state index contributed by atoms with van der Waals surface area (Å²) in [6.07, 6.45) is 0.571. The molecule has 4 aromatic heterocycles. The minimum absolute atomic E-state index is 0.0486. The van der Waals surface area contributed by atoms with Crippen molar-refractivity contribution in [2.45, 2.75) is 50.6 Å². The molecular formula is C32H34F4N10O5. The number of rotatable bonds is 11. The second-order valence-electron chi connectivity index (χ2n) is 12.1. The van der Waals surface area contributed by atoms with E-state index in [9.17, 15) is 23.1 Å². The summed E-state index contributed by atoms with van der Waals surface area (Å²) < 4.78 is 75.5. The number of aryl methyl sites for hydroxylation is 1. The van der Waals surface area contributed by atoms with E-state index < -0.39 is 42.1 Å².